The Morgan fingerprint density at radius 1 is 1.10 bits per heavy atom. The Hall–Kier alpha value is -2.74. The highest BCUT2D eigenvalue weighted by Crippen LogP contribution is 2.31. The van der Waals surface area contributed by atoms with Gasteiger partial charge in [-0.25, -0.2) is 9.78 Å². The molecule has 29 heavy (non-hydrogen) atoms. The van der Waals surface area contributed by atoms with E-state index in [1.165, 1.54) is 4.88 Å². The molecule has 1 atom stereocenters. The van der Waals surface area contributed by atoms with Gasteiger partial charge in [0.25, 0.3) is 0 Å². The Morgan fingerprint density at radius 2 is 1.97 bits per heavy atom. The van der Waals surface area contributed by atoms with E-state index in [9.17, 15) is 4.79 Å². The molecular formula is C22H22N4OS2. The summed E-state index contributed by atoms with van der Waals surface area (Å²) in [5.41, 5.74) is 2.73. The van der Waals surface area contributed by atoms with E-state index in [4.69, 9.17) is 4.98 Å². The van der Waals surface area contributed by atoms with E-state index in [2.05, 4.69) is 33.0 Å². The third kappa shape index (κ3) is 4.64. The summed E-state index contributed by atoms with van der Waals surface area (Å²) >= 11 is 3.35. The van der Waals surface area contributed by atoms with Crippen LogP contribution >= 0.6 is 22.7 Å². The van der Waals surface area contributed by atoms with Gasteiger partial charge in [-0.3, -0.25) is 0 Å². The number of hydrogen-bond acceptors (Lipinski definition) is 5. The number of thiazole rings is 1. The zero-order chi connectivity index (χ0) is 20.2. The topological polar surface area (TPSA) is 57.3 Å². The number of thiophene rings is 1. The first-order valence-electron chi connectivity index (χ1n) is 9.31. The maximum Gasteiger partial charge on any atom is 0.319 e. The molecule has 0 radical (unpaired) electrons. The van der Waals surface area contributed by atoms with E-state index >= 15 is 0 Å². The molecular weight excluding hydrogens is 400 g/mol. The molecule has 2 aromatic heterocycles. The van der Waals surface area contributed by atoms with Crippen LogP contribution in [0.2, 0.25) is 0 Å². The summed E-state index contributed by atoms with van der Waals surface area (Å²) in [7, 11) is 4.04. The number of nitrogens with zero attached hydrogens (tertiary/aromatic N) is 2. The van der Waals surface area contributed by atoms with Crippen molar-refractivity contribution >= 4 is 44.6 Å². The molecule has 148 valence electrons. The fourth-order valence-corrected chi connectivity index (χ4v) is 4.99. The third-order valence-corrected chi connectivity index (χ3v) is 6.67. The van der Waals surface area contributed by atoms with Crippen molar-refractivity contribution in [1.82, 2.24) is 15.2 Å². The van der Waals surface area contributed by atoms with Gasteiger partial charge >= 0.3 is 6.03 Å². The zero-order valence-corrected chi connectivity index (χ0v) is 17.9. The average molecular weight is 423 g/mol. The molecule has 2 aromatic carbocycles. The fourth-order valence-electron chi connectivity index (χ4n) is 3.11. The first-order chi connectivity index (χ1) is 14.1. The number of para-hydroxylation sites is 1. The van der Waals surface area contributed by atoms with Crippen LogP contribution in [0.4, 0.5) is 10.5 Å². The molecule has 0 saturated heterocycles. The molecule has 4 aromatic rings. The quantitative estimate of drug-likeness (QED) is 0.434. The molecule has 0 aliphatic carbocycles. The van der Waals surface area contributed by atoms with Crippen molar-refractivity contribution in [1.29, 1.82) is 0 Å². The summed E-state index contributed by atoms with van der Waals surface area (Å²) in [6.45, 7) is 0.539. The minimum atomic E-state index is -0.213. The molecule has 0 saturated carbocycles. The number of fused-ring (bicyclic) bond motifs is 1. The first-order valence-corrected chi connectivity index (χ1v) is 11.0. The van der Waals surface area contributed by atoms with Gasteiger partial charge in [0.1, 0.15) is 5.01 Å². The van der Waals surface area contributed by atoms with Crippen molar-refractivity contribution in [3.63, 3.8) is 0 Å². The van der Waals surface area contributed by atoms with Gasteiger partial charge in [0.15, 0.2) is 0 Å². The van der Waals surface area contributed by atoms with Crippen LogP contribution < -0.4 is 10.6 Å². The summed E-state index contributed by atoms with van der Waals surface area (Å²) in [5.74, 6) is 0. The van der Waals surface area contributed by atoms with E-state index in [1.54, 1.807) is 22.7 Å². The van der Waals surface area contributed by atoms with Crippen LogP contribution in [0.5, 0.6) is 0 Å². The number of hydrogen-bond donors (Lipinski definition) is 2. The minimum Gasteiger partial charge on any atom is -0.336 e. The number of rotatable bonds is 6. The molecule has 0 fully saturated rings. The summed E-state index contributed by atoms with van der Waals surface area (Å²) < 4.78 is 1.15. The van der Waals surface area contributed by atoms with Crippen molar-refractivity contribution in [3.05, 3.63) is 70.9 Å². The maximum atomic E-state index is 12.4. The normalized spacial score (nSPS) is 12.2. The van der Waals surface area contributed by atoms with Gasteiger partial charge in [-0.15, -0.1) is 22.7 Å². The van der Waals surface area contributed by atoms with Crippen LogP contribution in [-0.4, -0.2) is 36.6 Å². The molecule has 2 N–H and O–H groups in total. The molecule has 0 spiro atoms. The summed E-state index contributed by atoms with van der Waals surface area (Å²) in [6, 6.07) is 19.9. The number of carbonyl (C=O) groups excluding carboxylic acids is 1. The molecule has 0 bridgehead atoms. The van der Waals surface area contributed by atoms with Crippen molar-refractivity contribution in [3.8, 4) is 10.6 Å². The van der Waals surface area contributed by atoms with Gasteiger partial charge in [0.2, 0.25) is 0 Å². The summed E-state index contributed by atoms with van der Waals surface area (Å²) in [5, 5.41) is 8.92. The largest absolute Gasteiger partial charge is 0.336 e. The Morgan fingerprint density at radius 3 is 2.72 bits per heavy atom. The zero-order valence-electron chi connectivity index (χ0n) is 16.3. The van der Waals surface area contributed by atoms with Gasteiger partial charge < -0.3 is 15.5 Å². The summed E-state index contributed by atoms with van der Waals surface area (Å²) in [6.07, 6.45) is 0. The molecule has 2 heterocycles. The second kappa shape index (κ2) is 8.73. The number of urea groups is 1. The standard InChI is InChI=1S/C22H22N4OS2/c1-26(2)18(20-11-6-12-28-20)14-23-22(27)24-16-8-5-7-15(13-16)21-25-17-9-3-4-10-19(17)29-21/h3-13,18H,14H2,1-2H3,(H2,23,24,27). The van der Waals surface area contributed by atoms with Crippen LogP contribution in [0, 0.1) is 0 Å². The van der Waals surface area contributed by atoms with E-state index in [-0.39, 0.29) is 12.1 Å². The average Bonchev–Trinajstić information content (AvgIpc) is 3.38. The Bertz CT molecular complexity index is 1070. The lowest BCUT2D eigenvalue weighted by Gasteiger charge is -2.23. The first kappa shape index (κ1) is 19.6. The SMILES string of the molecule is CN(C)C(CNC(=O)Nc1cccc(-c2nc3ccccc3s2)c1)c1cccs1. The van der Waals surface area contributed by atoms with Crippen LogP contribution in [0.3, 0.4) is 0 Å². The van der Waals surface area contributed by atoms with E-state index < -0.39 is 0 Å². The number of nitrogens with one attached hydrogen (secondary N) is 2. The predicted octanol–water partition coefficient (Wildman–Crippen LogP) is 5.45. The van der Waals surface area contributed by atoms with Gasteiger partial charge in [-0.05, 0) is 49.8 Å². The van der Waals surface area contributed by atoms with Gasteiger partial charge in [-0.2, -0.15) is 0 Å². The second-order valence-electron chi connectivity index (χ2n) is 6.90. The molecule has 4 rings (SSSR count). The molecule has 5 nitrogen and oxygen atoms in total. The van der Waals surface area contributed by atoms with Crippen LogP contribution in [-0.2, 0) is 0 Å². The molecule has 7 heteroatoms. The Labute approximate surface area is 178 Å². The highest BCUT2D eigenvalue weighted by Gasteiger charge is 2.16. The predicted molar refractivity (Wildman–Crippen MR) is 123 cm³/mol. The number of likely N-dealkylation sites (N-methyl/N-ethyl adjacent to an activating group) is 1. The van der Waals surface area contributed by atoms with Gasteiger partial charge in [-0.1, -0.05) is 30.3 Å². The van der Waals surface area contributed by atoms with Crippen LogP contribution in [0.1, 0.15) is 10.9 Å². The highest BCUT2D eigenvalue weighted by molar-refractivity contribution is 7.21. The Kier molecular flexibility index (Phi) is 5.89. The summed E-state index contributed by atoms with van der Waals surface area (Å²) in [4.78, 5) is 20.5. The number of amides is 2. The van der Waals surface area contributed by atoms with Crippen molar-refractivity contribution in [2.45, 2.75) is 6.04 Å². The third-order valence-electron chi connectivity index (χ3n) is 4.61. The van der Waals surface area contributed by atoms with Crippen LogP contribution in [0.25, 0.3) is 20.8 Å². The van der Waals surface area contributed by atoms with Crippen molar-refractivity contribution < 1.29 is 4.79 Å². The lowest BCUT2D eigenvalue weighted by molar-refractivity contribution is 0.244. The lowest BCUT2D eigenvalue weighted by Crippen LogP contribution is -2.36. The number of carbonyl (C=O) groups is 1. The smallest absolute Gasteiger partial charge is 0.319 e. The molecule has 1 unspecified atom stereocenters. The maximum absolute atomic E-state index is 12.4. The minimum absolute atomic E-state index is 0.148. The van der Waals surface area contributed by atoms with E-state index in [0.29, 0.717) is 6.54 Å². The van der Waals surface area contributed by atoms with Crippen molar-refractivity contribution in [2.24, 2.45) is 0 Å². The molecule has 0 aliphatic rings. The van der Waals surface area contributed by atoms with Gasteiger partial charge in [0, 0.05) is 22.7 Å². The van der Waals surface area contributed by atoms with Crippen molar-refractivity contribution in [2.75, 3.05) is 26.0 Å². The highest BCUT2D eigenvalue weighted by atomic mass is 32.1. The number of aromatic nitrogens is 1. The molecule has 2 amide bonds. The van der Waals surface area contributed by atoms with E-state index in [0.717, 1.165) is 26.5 Å². The van der Waals surface area contributed by atoms with E-state index in [1.807, 2.05) is 62.6 Å². The van der Waals surface area contributed by atoms with Crippen LogP contribution in [0.15, 0.2) is 66.0 Å². The second-order valence-corrected chi connectivity index (χ2v) is 8.91. The lowest BCUT2D eigenvalue weighted by atomic mass is 10.2. The monoisotopic (exact) mass is 422 g/mol. The number of anilines is 1. The van der Waals surface area contributed by atoms with Gasteiger partial charge in [0.05, 0.1) is 16.3 Å². The Balaban J connectivity index is 1.43. The molecule has 0 aliphatic heterocycles. The number of benzene rings is 2. The fraction of sp³-hybridized carbons (Fsp3) is 0.182.